The molecule has 160 valence electrons. The van der Waals surface area contributed by atoms with Gasteiger partial charge in [0.2, 0.25) is 15.9 Å². The second-order valence-electron chi connectivity index (χ2n) is 7.07. The zero-order valence-corrected chi connectivity index (χ0v) is 18.4. The first kappa shape index (κ1) is 22.2. The zero-order chi connectivity index (χ0) is 21.6. The SMILES string of the molecule is Cc1ccc(/C=C/C(=O)NC(=S)Nc2ccc(S(=O)(=O)N3CCCCCC3)cc2)o1. The molecule has 1 aliphatic heterocycles. The Morgan fingerprint density at radius 1 is 1.07 bits per heavy atom. The van der Waals surface area contributed by atoms with Crippen LogP contribution in [0.3, 0.4) is 0 Å². The number of carbonyl (C=O) groups is 1. The standard InChI is InChI=1S/C21H25N3O4S2/c1-16-6-9-18(28-16)10-13-20(25)23-21(29)22-17-7-11-19(12-8-17)30(26,27)24-14-4-2-3-5-15-24/h6-13H,2-5,14-15H2,1H3,(H2,22,23,25,29)/b13-10+. The molecular formula is C21H25N3O4S2. The maximum Gasteiger partial charge on any atom is 0.250 e. The Morgan fingerprint density at radius 3 is 2.33 bits per heavy atom. The van der Waals surface area contributed by atoms with Crippen LogP contribution >= 0.6 is 12.2 Å². The first-order valence-corrected chi connectivity index (χ1v) is 11.7. The van der Waals surface area contributed by atoms with Crippen molar-refractivity contribution in [3.8, 4) is 0 Å². The maximum atomic E-state index is 12.8. The summed E-state index contributed by atoms with van der Waals surface area (Å²) in [5, 5.41) is 5.53. The molecule has 9 heteroatoms. The van der Waals surface area contributed by atoms with E-state index in [0.29, 0.717) is 24.5 Å². The Morgan fingerprint density at radius 2 is 1.73 bits per heavy atom. The lowest BCUT2D eigenvalue weighted by atomic mass is 10.2. The van der Waals surface area contributed by atoms with Crippen molar-refractivity contribution in [3.63, 3.8) is 0 Å². The van der Waals surface area contributed by atoms with Gasteiger partial charge >= 0.3 is 0 Å². The number of benzene rings is 1. The molecule has 0 unspecified atom stereocenters. The van der Waals surface area contributed by atoms with E-state index in [1.807, 2.05) is 6.92 Å². The Balaban J connectivity index is 1.56. The van der Waals surface area contributed by atoms with Gasteiger partial charge in [0.25, 0.3) is 0 Å². The van der Waals surface area contributed by atoms with E-state index in [9.17, 15) is 13.2 Å². The van der Waals surface area contributed by atoms with Crippen molar-refractivity contribution in [1.29, 1.82) is 0 Å². The van der Waals surface area contributed by atoms with Crippen molar-refractivity contribution >= 4 is 45.0 Å². The average Bonchev–Trinajstić information content (AvgIpc) is 2.94. The van der Waals surface area contributed by atoms with Crippen molar-refractivity contribution in [2.75, 3.05) is 18.4 Å². The Labute approximate surface area is 182 Å². The molecular weight excluding hydrogens is 422 g/mol. The number of anilines is 1. The second kappa shape index (κ2) is 10.0. The van der Waals surface area contributed by atoms with Crippen LogP contribution in [-0.4, -0.2) is 36.8 Å². The lowest BCUT2D eigenvalue weighted by Gasteiger charge is -2.20. The van der Waals surface area contributed by atoms with Gasteiger partial charge in [-0.1, -0.05) is 12.8 Å². The fourth-order valence-electron chi connectivity index (χ4n) is 3.16. The molecule has 30 heavy (non-hydrogen) atoms. The van der Waals surface area contributed by atoms with Gasteiger partial charge in [-0.3, -0.25) is 10.1 Å². The highest BCUT2D eigenvalue weighted by molar-refractivity contribution is 7.89. The number of nitrogens with zero attached hydrogens (tertiary/aromatic N) is 1. The van der Waals surface area contributed by atoms with E-state index in [1.54, 1.807) is 46.8 Å². The van der Waals surface area contributed by atoms with Crippen LogP contribution in [0.2, 0.25) is 0 Å². The Bertz CT molecular complexity index is 1020. The summed E-state index contributed by atoms with van der Waals surface area (Å²) in [6.45, 7) is 2.94. The topological polar surface area (TPSA) is 91.7 Å². The van der Waals surface area contributed by atoms with E-state index < -0.39 is 15.9 Å². The van der Waals surface area contributed by atoms with Crippen molar-refractivity contribution in [3.05, 3.63) is 54.0 Å². The highest BCUT2D eigenvalue weighted by Crippen LogP contribution is 2.21. The normalized spacial score (nSPS) is 15.6. The summed E-state index contributed by atoms with van der Waals surface area (Å²) in [6.07, 6.45) is 6.78. The van der Waals surface area contributed by atoms with Gasteiger partial charge in [-0.15, -0.1) is 0 Å². The average molecular weight is 448 g/mol. The summed E-state index contributed by atoms with van der Waals surface area (Å²) in [4.78, 5) is 12.2. The van der Waals surface area contributed by atoms with Crippen molar-refractivity contribution in [2.45, 2.75) is 37.5 Å². The maximum absolute atomic E-state index is 12.8. The smallest absolute Gasteiger partial charge is 0.250 e. The third-order valence-corrected chi connectivity index (χ3v) is 6.83. The van der Waals surface area contributed by atoms with E-state index in [4.69, 9.17) is 16.6 Å². The summed E-state index contributed by atoms with van der Waals surface area (Å²) < 4.78 is 32.5. The fraction of sp³-hybridized carbons (Fsp3) is 0.333. The number of rotatable bonds is 5. The summed E-state index contributed by atoms with van der Waals surface area (Å²) in [5.74, 6) is 0.929. The van der Waals surface area contributed by atoms with Crippen LogP contribution in [0.5, 0.6) is 0 Å². The molecule has 7 nitrogen and oxygen atoms in total. The number of aryl methyl sites for hydroxylation is 1. The van der Waals surface area contributed by atoms with Gasteiger partial charge in [-0.25, -0.2) is 8.42 Å². The lowest BCUT2D eigenvalue weighted by molar-refractivity contribution is -0.115. The van der Waals surface area contributed by atoms with E-state index in [-0.39, 0.29) is 10.0 Å². The number of hydrogen-bond acceptors (Lipinski definition) is 5. The van der Waals surface area contributed by atoms with Crippen molar-refractivity contribution in [2.24, 2.45) is 0 Å². The van der Waals surface area contributed by atoms with Crippen LogP contribution in [0.15, 0.2) is 51.8 Å². The summed E-state index contributed by atoms with van der Waals surface area (Å²) in [6, 6.07) is 9.92. The molecule has 2 aromatic rings. The second-order valence-corrected chi connectivity index (χ2v) is 9.41. The molecule has 1 fully saturated rings. The number of nitrogens with one attached hydrogen (secondary N) is 2. The first-order chi connectivity index (χ1) is 14.3. The molecule has 1 aromatic heterocycles. The highest BCUT2D eigenvalue weighted by atomic mass is 32.2. The molecule has 0 radical (unpaired) electrons. The molecule has 2 heterocycles. The minimum atomic E-state index is -3.50. The number of sulfonamides is 1. The molecule has 0 spiro atoms. The number of amides is 1. The molecule has 3 rings (SSSR count). The minimum Gasteiger partial charge on any atom is -0.462 e. The van der Waals surface area contributed by atoms with Gasteiger partial charge in [-0.2, -0.15) is 4.31 Å². The lowest BCUT2D eigenvalue weighted by Crippen LogP contribution is -2.33. The Kier molecular flexibility index (Phi) is 7.41. The number of thiocarbonyl (C=S) groups is 1. The van der Waals surface area contributed by atoms with Crippen LogP contribution in [-0.2, 0) is 14.8 Å². The third kappa shape index (κ3) is 6.01. The molecule has 0 atom stereocenters. The summed E-state index contributed by atoms with van der Waals surface area (Å²) >= 11 is 5.14. The molecule has 1 aromatic carbocycles. The van der Waals surface area contributed by atoms with Gasteiger partial charge < -0.3 is 9.73 Å². The molecule has 1 amide bonds. The summed E-state index contributed by atoms with van der Waals surface area (Å²) in [5.41, 5.74) is 0.584. The molecule has 0 saturated carbocycles. The number of carbonyl (C=O) groups excluding carboxylic acids is 1. The molecule has 0 aliphatic carbocycles. The quantitative estimate of drug-likeness (QED) is 0.537. The predicted molar refractivity (Wildman–Crippen MR) is 121 cm³/mol. The van der Waals surface area contributed by atoms with Crippen LogP contribution in [0.25, 0.3) is 6.08 Å². The van der Waals surface area contributed by atoms with E-state index in [2.05, 4.69) is 10.6 Å². The number of furan rings is 1. The minimum absolute atomic E-state index is 0.114. The van der Waals surface area contributed by atoms with Crippen LogP contribution in [0.1, 0.15) is 37.2 Å². The third-order valence-electron chi connectivity index (χ3n) is 4.71. The van der Waals surface area contributed by atoms with Crippen LogP contribution < -0.4 is 10.6 Å². The number of hydrogen-bond donors (Lipinski definition) is 2. The van der Waals surface area contributed by atoms with Crippen LogP contribution in [0.4, 0.5) is 5.69 Å². The molecule has 1 aliphatic rings. The van der Waals surface area contributed by atoms with Crippen molar-refractivity contribution in [1.82, 2.24) is 9.62 Å². The van der Waals surface area contributed by atoms with E-state index in [0.717, 1.165) is 31.4 Å². The van der Waals surface area contributed by atoms with Gasteiger partial charge in [0.15, 0.2) is 5.11 Å². The van der Waals surface area contributed by atoms with E-state index >= 15 is 0 Å². The highest BCUT2D eigenvalue weighted by Gasteiger charge is 2.24. The van der Waals surface area contributed by atoms with Gasteiger partial charge in [-0.05, 0) is 74.5 Å². The Hall–Kier alpha value is -2.49. The zero-order valence-electron chi connectivity index (χ0n) is 16.8. The van der Waals surface area contributed by atoms with Crippen LogP contribution in [0, 0.1) is 6.92 Å². The summed E-state index contributed by atoms with van der Waals surface area (Å²) in [7, 11) is -3.50. The van der Waals surface area contributed by atoms with Crippen molar-refractivity contribution < 1.29 is 17.6 Å². The van der Waals surface area contributed by atoms with E-state index in [1.165, 1.54) is 6.08 Å². The molecule has 0 bridgehead atoms. The largest absolute Gasteiger partial charge is 0.462 e. The van der Waals surface area contributed by atoms with Gasteiger partial charge in [0.1, 0.15) is 11.5 Å². The monoisotopic (exact) mass is 447 g/mol. The predicted octanol–water partition coefficient (Wildman–Crippen LogP) is 3.68. The molecule has 2 N–H and O–H groups in total. The van der Waals surface area contributed by atoms with Gasteiger partial charge in [0.05, 0.1) is 4.90 Å². The van der Waals surface area contributed by atoms with Gasteiger partial charge in [0, 0.05) is 24.9 Å². The molecule has 1 saturated heterocycles. The fourth-order valence-corrected chi connectivity index (χ4v) is 4.89. The first-order valence-electron chi connectivity index (χ1n) is 9.81.